The maximum absolute atomic E-state index is 13.3. The average Bonchev–Trinajstić information content (AvgIpc) is 2.93. The van der Waals surface area contributed by atoms with Crippen LogP contribution >= 0.6 is 0 Å². The summed E-state index contributed by atoms with van der Waals surface area (Å²) in [5.41, 5.74) is 4.81. The van der Waals surface area contributed by atoms with Gasteiger partial charge in [-0.1, -0.05) is 25.1 Å². The minimum absolute atomic E-state index is 0.0111. The van der Waals surface area contributed by atoms with Gasteiger partial charge in [0.25, 0.3) is 11.8 Å². The first-order valence-electron chi connectivity index (χ1n) is 12.4. The number of rotatable bonds is 7. The molecule has 36 heavy (non-hydrogen) atoms. The van der Waals surface area contributed by atoms with Gasteiger partial charge >= 0.3 is 0 Å². The molecule has 1 aliphatic heterocycles. The number of aryl methyl sites for hydroxylation is 1. The van der Waals surface area contributed by atoms with E-state index in [4.69, 9.17) is 5.26 Å². The molecule has 0 saturated carbocycles. The number of amides is 2. The molecule has 3 aromatic rings. The van der Waals surface area contributed by atoms with Crippen molar-refractivity contribution in [3.05, 3.63) is 88.6 Å². The van der Waals surface area contributed by atoms with Gasteiger partial charge in [-0.2, -0.15) is 5.26 Å². The lowest BCUT2D eigenvalue weighted by molar-refractivity contribution is 0.0713. The summed E-state index contributed by atoms with van der Waals surface area (Å²) in [6.07, 6.45) is 4.26. The van der Waals surface area contributed by atoms with Crippen molar-refractivity contribution in [1.29, 1.82) is 5.26 Å². The van der Waals surface area contributed by atoms with Crippen molar-refractivity contribution in [3.8, 4) is 6.07 Å². The van der Waals surface area contributed by atoms with E-state index in [1.807, 2.05) is 61.2 Å². The summed E-state index contributed by atoms with van der Waals surface area (Å²) < 4.78 is 0. The number of hydrogen-bond donors (Lipinski definition) is 2. The molecular formula is C29H31N5O2. The second-order valence-electron chi connectivity index (χ2n) is 9.14. The lowest BCUT2D eigenvalue weighted by Crippen LogP contribution is -2.37. The summed E-state index contributed by atoms with van der Waals surface area (Å²) in [6.45, 7) is 5.98. The van der Waals surface area contributed by atoms with Gasteiger partial charge in [-0.05, 0) is 79.6 Å². The van der Waals surface area contributed by atoms with E-state index in [1.165, 1.54) is 5.56 Å². The first-order valence-corrected chi connectivity index (χ1v) is 12.4. The number of piperidine rings is 1. The van der Waals surface area contributed by atoms with Crippen molar-refractivity contribution in [2.45, 2.75) is 39.0 Å². The molecule has 7 nitrogen and oxygen atoms in total. The van der Waals surface area contributed by atoms with Crippen LogP contribution in [0.15, 0.2) is 60.8 Å². The Kier molecular flexibility index (Phi) is 7.96. The standard InChI is InChI=1S/C29H31N5O2/c1-3-13-32-28(35)24-10-14-31-27(18-24)33-26-17-25(7-4-20(26)2)29(36)34-15-11-23(12-16-34)22-8-5-21(19-30)6-9-22/h4-10,14,17-18,23H,3,11-13,15-16H2,1-2H3,(H,31,33)(H,32,35). The zero-order valence-electron chi connectivity index (χ0n) is 20.8. The van der Waals surface area contributed by atoms with E-state index < -0.39 is 0 Å². The first-order chi connectivity index (χ1) is 17.5. The second-order valence-corrected chi connectivity index (χ2v) is 9.14. The number of nitrogens with zero attached hydrogens (tertiary/aromatic N) is 3. The monoisotopic (exact) mass is 481 g/mol. The van der Waals surface area contributed by atoms with Crippen LogP contribution in [0.5, 0.6) is 0 Å². The zero-order chi connectivity index (χ0) is 25.5. The van der Waals surface area contributed by atoms with Gasteiger partial charge in [0.15, 0.2) is 0 Å². The Morgan fingerprint density at radius 1 is 1.06 bits per heavy atom. The van der Waals surface area contributed by atoms with Crippen LogP contribution in [0.1, 0.15) is 69.5 Å². The van der Waals surface area contributed by atoms with Crippen molar-refractivity contribution in [2.75, 3.05) is 25.0 Å². The molecule has 1 aromatic heterocycles. The molecule has 1 fully saturated rings. The Morgan fingerprint density at radius 3 is 2.50 bits per heavy atom. The molecular weight excluding hydrogens is 450 g/mol. The predicted molar refractivity (Wildman–Crippen MR) is 140 cm³/mol. The highest BCUT2D eigenvalue weighted by Crippen LogP contribution is 2.29. The lowest BCUT2D eigenvalue weighted by atomic mass is 9.89. The fourth-order valence-corrected chi connectivity index (χ4v) is 4.44. The number of likely N-dealkylation sites (tertiary alicyclic amines) is 1. The summed E-state index contributed by atoms with van der Waals surface area (Å²) in [5.74, 6) is 0.823. The smallest absolute Gasteiger partial charge is 0.253 e. The highest BCUT2D eigenvalue weighted by atomic mass is 16.2. The number of hydrogen-bond acceptors (Lipinski definition) is 5. The highest BCUT2D eigenvalue weighted by Gasteiger charge is 2.25. The van der Waals surface area contributed by atoms with E-state index in [9.17, 15) is 9.59 Å². The van der Waals surface area contributed by atoms with Gasteiger partial charge in [-0.15, -0.1) is 0 Å². The van der Waals surface area contributed by atoms with Crippen LogP contribution in [0.4, 0.5) is 11.5 Å². The van der Waals surface area contributed by atoms with Gasteiger partial charge in [0.05, 0.1) is 11.6 Å². The first kappa shape index (κ1) is 24.9. The number of anilines is 2. The third-order valence-corrected chi connectivity index (χ3v) is 6.60. The molecule has 2 amide bonds. The maximum atomic E-state index is 13.3. The number of nitriles is 1. The van der Waals surface area contributed by atoms with Crippen molar-refractivity contribution in [3.63, 3.8) is 0 Å². The van der Waals surface area contributed by atoms with Crippen molar-refractivity contribution >= 4 is 23.3 Å². The average molecular weight is 482 g/mol. The van der Waals surface area contributed by atoms with Crippen molar-refractivity contribution in [2.24, 2.45) is 0 Å². The molecule has 1 saturated heterocycles. The molecule has 0 bridgehead atoms. The molecule has 7 heteroatoms. The molecule has 2 heterocycles. The quantitative estimate of drug-likeness (QED) is 0.485. The number of carbonyl (C=O) groups is 2. The maximum Gasteiger partial charge on any atom is 0.253 e. The van der Waals surface area contributed by atoms with Crippen molar-refractivity contribution in [1.82, 2.24) is 15.2 Å². The summed E-state index contributed by atoms with van der Waals surface area (Å²) in [7, 11) is 0. The van der Waals surface area contributed by atoms with Crippen LogP contribution in [0.2, 0.25) is 0 Å². The third kappa shape index (κ3) is 5.89. The minimum atomic E-state index is -0.132. The molecule has 184 valence electrons. The normalized spacial score (nSPS) is 13.6. The fraction of sp³-hybridized carbons (Fsp3) is 0.310. The van der Waals surface area contributed by atoms with Crippen molar-refractivity contribution < 1.29 is 9.59 Å². The van der Waals surface area contributed by atoms with Crippen LogP contribution < -0.4 is 10.6 Å². The molecule has 2 N–H and O–H groups in total. The summed E-state index contributed by atoms with van der Waals surface area (Å²) in [5, 5.41) is 15.2. The van der Waals surface area contributed by atoms with Crippen LogP contribution in [-0.4, -0.2) is 41.3 Å². The molecule has 2 aromatic carbocycles. The molecule has 0 unspecified atom stereocenters. The van der Waals surface area contributed by atoms with Gasteiger partial charge in [0.2, 0.25) is 0 Å². The topological polar surface area (TPSA) is 98.1 Å². The van der Waals surface area contributed by atoms with E-state index in [1.54, 1.807) is 18.3 Å². The second kappa shape index (κ2) is 11.5. The molecule has 0 radical (unpaired) electrons. The molecule has 0 atom stereocenters. The van der Waals surface area contributed by atoms with E-state index in [0.717, 1.165) is 30.5 Å². The number of aromatic nitrogens is 1. The van der Waals surface area contributed by atoms with Gasteiger partial charge in [0.1, 0.15) is 5.82 Å². The summed E-state index contributed by atoms with van der Waals surface area (Å²) in [4.78, 5) is 31.8. The number of benzene rings is 2. The largest absolute Gasteiger partial charge is 0.352 e. The Labute approximate surface area is 212 Å². The van der Waals surface area contributed by atoms with Gasteiger partial charge < -0.3 is 15.5 Å². The number of nitrogens with one attached hydrogen (secondary N) is 2. The lowest BCUT2D eigenvalue weighted by Gasteiger charge is -2.32. The van der Waals surface area contributed by atoms with Gasteiger partial charge in [0, 0.05) is 42.6 Å². The Hall–Kier alpha value is -4.18. The van der Waals surface area contributed by atoms with Crippen LogP contribution in [0.25, 0.3) is 0 Å². The third-order valence-electron chi connectivity index (χ3n) is 6.60. The number of pyridine rings is 1. The summed E-state index contributed by atoms with van der Waals surface area (Å²) in [6, 6.07) is 19.0. The predicted octanol–water partition coefficient (Wildman–Crippen LogP) is 5.16. The number of carbonyl (C=O) groups excluding carboxylic acids is 2. The molecule has 1 aliphatic rings. The van der Waals surface area contributed by atoms with Gasteiger partial charge in [-0.25, -0.2) is 4.98 Å². The van der Waals surface area contributed by atoms with E-state index in [-0.39, 0.29) is 11.8 Å². The minimum Gasteiger partial charge on any atom is -0.352 e. The zero-order valence-corrected chi connectivity index (χ0v) is 20.8. The van der Waals surface area contributed by atoms with Crippen LogP contribution in [0, 0.1) is 18.3 Å². The molecule has 0 aliphatic carbocycles. The van der Waals surface area contributed by atoms with E-state index in [0.29, 0.717) is 48.1 Å². The van der Waals surface area contributed by atoms with Crippen LogP contribution in [-0.2, 0) is 0 Å². The summed E-state index contributed by atoms with van der Waals surface area (Å²) >= 11 is 0. The SMILES string of the molecule is CCCNC(=O)c1ccnc(Nc2cc(C(=O)N3CCC(c4ccc(C#N)cc4)CC3)ccc2C)c1. The fourth-order valence-electron chi connectivity index (χ4n) is 4.44. The van der Waals surface area contributed by atoms with E-state index in [2.05, 4.69) is 21.7 Å². The molecule has 4 rings (SSSR count). The highest BCUT2D eigenvalue weighted by molar-refractivity contribution is 5.96. The van der Waals surface area contributed by atoms with Gasteiger partial charge in [-0.3, -0.25) is 9.59 Å². The van der Waals surface area contributed by atoms with Crippen LogP contribution in [0.3, 0.4) is 0 Å². The Balaban J connectivity index is 1.42. The Bertz CT molecular complexity index is 1270. The van der Waals surface area contributed by atoms with E-state index >= 15 is 0 Å². The molecule has 0 spiro atoms. The Morgan fingerprint density at radius 2 is 1.81 bits per heavy atom.